The lowest BCUT2D eigenvalue weighted by atomic mass is 9.84. The SMILES string of the molecule is COc1ccc(C(CNC(=O)CN2C(=O)CC3(CCCC3)C2=O)c2c[nH]c3ccccc23)cc1. The van der Waals surface area contributed by atoms with Gasteiger partial charge in [0.05, 0.1) is 12.5 Å². The van der Waals surface area contributed by atoms with E-state index in [1.807, 2.05) is 48.7 Å². The van der Waals surface area contributed by atoms with Gasteiger partial charge >= 0.3 is 0 Å². The number of para-hydroxylation sites is 1. The third-order valence-electron chi connectivity index (χ3n) is 7.37. The van der Waals surface area contributed by atoms with E-state index in [-0.39, 0.29) is 36.6 Å². The molecule has 2 aliphatic rings. The molecule has 2 N–H and O–H groups in total. The van der Waals surface area contributed by atoms with Gasteiger partial charge in [0, 0.05) is 36.0 Å². The van der Waals surface area contributed by atoms with Crippen molar-refractivity contribution in [1.29, 1.82) is 0 Å². The Morgan fingerprint density at radius 3 is 2.59 bits per heavy atom. The van der Waals surface area contributed by atoms with E-state index in [1.54, 1.807) is 7.11 Å². The molecular formula is C27H29N3O4. The molecule has 1 saturated carbocycles. The van der Waals surface area contributed by atoms with E-state index >= 15 is 0 Å². The van der Waals surface area contributed by atoms with Crippen LogP contribution in [0.5, 0.6) is 5.75 Å². The molecule has 1 aromatic heterocycles. The number of likely N-dealkylation sites (tertiary alicyclic amines) is 1. The number of imide groups is 1. The van der Waals surface area contributed by atoms with Crippen LogP contribution in [0.2, 0.25) is 0 Å². The standard InChI is InChI=1S/C27H29N3O4/c1-34-19-10-8-18(9-11-19)21(22-16-28-23-7-3-2-6-20(22)23)15-29-24(31)17-30-25(32)14-27(26(30)33)12-4-5-13-27/h2-3,6-11,16,21,28H,4-5,12-15,17H2,1H3,(H,29,31). The smallest absolute Gasteiger partial charge is 0.240 e. The summed E-state index contributed by atoms with van der Waals surface area (Å²) < 4.78 is 5.30. The van der Waals surface area contributed by atoms with Crippen LogP contribution in [0, 0.1) is 5.41 Å². The molecule has 1 unspecified atom stereocenters. The molecule has 2 heterocycles. The lowest BCUT2D eigenvalue weighted by molar-refractivity contribution is -0.144. The van der Waals surface area contributed by atoms with Crippen molar-refractivity contribution in [2.75, 3.05) is 20.2 Å². The summed E-state index contributed by atoms with van der Waals surface area (Å²) in [4.78, 5) is 42.8. The Bertz CT molecular complexity index is 1220. The number of methoxy groups -OCH3 is 1. The summed E-state index contributed by atoms with van der Waals surface area (Å²) in [5.74, 6) is -0.0801. The van der Waals surface area contributed by atoms with Crippen LogP contribution in [0.15, 0.2) is 54.7 Å². The van der Waals surface area contributed by atoms with Crippen molar-refractivity contribution in [2.24, 2.45) is 5.41 Å². The summed E-state index contributed by atoms with van der Waals surface area (Å²) in [6, 6.07) is 15.8. The molecule has 1 saturated heterocycles. The normalized spacial score (nSPS) is 18.1. The third-order valence-corrected chi connectivity index (χ3v) is 7.37. The molecule has 0 radical (unpaired) electrons. The molecular weight excluding hydrogens is 430 g/mol. The van der Waals surface area contributed by atoms with Crippen LogP contribution in [-0.4, -0.2) is 47.8 Å². The maximum Gasteiger partial charge on any atom is 0.240 e. The van der Waals surface area contributed by atoms with Gasteiger partial charge in [0.2, 0.25) is 17.7 Å². The third kappa shape index (κ3) is 3.95. The van der Waals surface area contributed by atoms with Crippen LogP contribution in [0.4, 0.5) is 0 Å². The zero-order chi connectivity index (χ0) is 23.7. The van der Waals surface area contributed by atoms with Crippen molar-refractivity contribution in [1.82, 2.24) is 15.2 Å². The Morgan fingerprint density at radius 2 is 1.85 bits per heavy atom. The fraction of sp³-hybridized carbons (Fsp3) is 0.370. The molecule has 1 aliphatic heterocycles. The van der Waals surface area contributed by atoms with Gasteiger partial charge in [-0.05, 0) is 42.2 Å². The second-order valence-electron chi connectivity index (χ2n) is 9.37. The molecule has 2 aromatic carbocycles. The highest BCUT2D eigenvalue weighted by molar-refractivity contribution is 6.08. The molecule has 1 aliphatic carbocycles. The first-order chi connectivity index (χ1) is 16.5. The van der Waals surface area contributed by atoms with Crippen molar-refractivity contribution in [3.63, 3.8) is 0 Å². The molecule has 7 nitrogen and oxygen atoms in total. The number of carbonyl (C=O) groups is 3. The summed E-state index contributed by atoms with van der Waals surface area (Å²) >= 11 is 0. The zero-order valence-corrected chi connectivity index (χ0v) is 19.3. The van der Waals surface area contributed by atoms with Crippen molar-refractivity contribution in [3.05, 3.63) is 65.9 Å². The van der Waals surface area contributed by atoms with Gasteiger partial charge in [0.1, 0.15) is 12.3 Å². The summed E-state index contributed by atoms with van der Waals surface area (Å²) in [5, 5.41) is 4.07. The molecule has 176 valence electrons. The van der Waals surface area contributed by atoms with Gasteiger partial charge in [-0.2, -0.15) is 0 Å². The highest BCUT2D eigenvalue weighted by Crippen LogP contribution is 2.46. The van der Waals surface area contributed by atoms with E-state index in [9.17, 15) is 14.4 Å². The van der Waals surface area contributed by atoms with E-state index in [0.29, 0.717) is 6.54 Å². The average molecular weight is 460 g/mol. The molecule has 0 bridgehead atoms. The number of hydrogen-bond acceptors (Lipinski definition) is 4. The lowest BCUT2D eigenvalue weighted by Crippen LogP contribution is -2.43. The first-order valence-corrected chi connectivity index (χ1v) is 11.8. The van der Waals surface area contributed by atoms with Gasteiger partial charge in [-0.3, -0.25) is 19.3 Å². The number of aromatic nitrogens is 1. The van der Waals surface area contributed by atoms with Crippen LogP contribution < -0.4 is 10.1 Å². The molecule has 1 spiro atoms. The van der Waals surface area contributed by atoms with Gasteiger partial charge < -0.3 is 15.0 Å². The van der Waals surface area contributed by atoms with Gasteiger partial charge in [0.15, 0.2) is 0 Å². The molecule has 2 fully saturated rings. The molecule has 1 atom stereocenters. The Kier molecular flexibility index (Phi) is 5.86. The van der Waals surface area contributed by atoms with Crippen LogP contribution in [0.25, 0.3) is 10.9 Å². The number of nitrogens with one attached hydrogen (secondary N) is 2. The molecule has 3 aromatic rings. The second-order valence-corrected chi connectivity index (χ2v) is 9.37. The quantitative estimate of drug-likeness (QED) is 0.527. The maximum absolute atomic E-state index is 12.9. The predicted octanol–water partition coefficient (Wildman–Crippen LogP) is 3.74. The molecule has 5 rings (SSSR count). The van der Waals surface area contributed by atoms with Crippen molar-refractivity contribution < 1.29 is 19.1 Å². The molecule has 34 heavy (non-hydrogen) atoms. The number of nitrogens with zero attached hydrogens (tertiary/aromatic N) is 1. The fourth-order valence-electron chi connectivity index (χ4n) is 5.50. The van der Waals surface area contributed by atoms with Gasteiger partial charge in [0.25, 0.3) is 0 Å². The fourth-order valence-corrected chi connectivity index (χ4v) is 5.50. The number of H-pyrrole nitrogens is 1. The molecule has 3 amide bonds. The number of amides is 3. The number of carbonyl (C=O) groups excluding carboxylic acids is 3. The van der Waals surface area contributed by atoms with Crippen LogP contribution in [0.1, 0.15) is 49.1 Å². The summed E-state index contributed by atoms with van der Waals surface area (Å²) in [6.45, 7) is 0.122. The topological polar surface area (TPSA) is 91.5 Å². The summed E-state index contributed by atoms with van der Waals surface area (Å²) in [7, 11) is 1.63. The van der Waals surface area contributed by atoms with E-state index in [2.05, 4.69) is 16.4 Å². The minimum absolute atomic E-state index is 0.114. The minimum Gasteiger partial charge on any atom is -0.497 e. The van der Waals surface area contributed by atoms with Crippen molar-refractivity contribution >= 4 is 28.6 Å². The largest absolute Gasteiger partial charge is 0.497 e. The zero-order valence-electron chi connectivity index (χ0n) is 19.3. The van der Waals surface area contributed by atoms with E-state index in [1.165, 1.54) is 0 Å². The first kappa shape index (κ1) is 22.2. The van der Waals surface area contributed by atoms with Gasteiger partial charge in [-0.1, -0.05) is 43.2 Å². The van der Waals surface area contributed by atoms with Gasteiger partial charge in [-0.15, -0.1) is 0 Å². The second kappa shape index (κ2) is 8.97. The number of rotatable bonds is 7. The van der Waals surface area contributed by atoms with Crippen molar-refractivity contribution in [2.45, 2.75) is 38.0 Å². The highest BCUT2D eigenvalue weighted by Gasteiger charge is 2.52. The number of benzene rings is 2. The highest BCUT2D eigenvalue weighted by atomic mass is 16.5. The van der Waals surface area contributed by atoms with E-state index < -0.39 is 5.41 Å². The van der Waals surface area contributed by atoms with Crippen LogP contribution >= 0.6 is 0 Å². The molecule has 7 heteroatoms. The number of hydrogen-bond donors (Lipinski definition) is 2. The van der Waals surface area contributed by atoms with E-state index in [4.69, 9.17) is 4.74 Å². The average Bonchev–Trinajstić information content (AvgIpc) is 3.55. The van der Waals surface area contributed by atoms with Crippen LogP contribution in [-0.2, 0) is 14.4 Å². The van der Waals surface area contributed by atoms with Crippen LogP contribution in [0.3, 0.4) is 0 Å². The Hall–Kier alpha value is -3.61. The maximum atomic E-state index is 12.9. The summed E-state index contributed by atoms with van der Waals surface area (Å²) in [6.07, 6.45) is 5.64. The predicted molar refractivity (Wildman–Crippen MR) is 128 cm³/mol. The number of fused-ring (bicyclic) bond motifs is 1. The summed E-state index contributed by atoms with van der Waals surface area (Å²) in [5.41, 5.74) is 2.56. The Balaban J connectivity index is 1.34. The first-order valence-electron chi connectivity index (χ1n) is 11.8. The lowest BCUT2D eigenvalue weighted by Gasteiger charge is -2.22. The number of aromatic amines is 1. The minimum atomic E-state index is -0.562. The number of ether oxygens (including phenoxy) is 1. The monoisotopic (exact) mass is 459 g/mol. The Morgan fingerprint density at radius 1 is 1.12 bits per heavy atom. The Labute approximate surface area is 198 Å². The van der Waals surface area contributed by atoms with E-state index in [0.717, 1.165) is 58.4 Å². The van der Waals surface area contributed by atoms with Crippen molar-refractivity contribution in [3.8, 4) is 5.75 Å². The van der Waals surface area contributed by atoms with Gasteiger partial charge in [-0.25, -0.2) is 0 Å².